The maximum absolute atomic E-state index is 9.22. The molecule has 0 saturated heterocycles. The molecule has 3 heteroatoms. The van der Waals surface area contributed by atoms with Crippen LogP contribution in [0.15, 0.2) is 0 Å². The standard InChI is InChI=1S/C14H29NO2/c1-14(2,3)12-6-4-11(5-7-12)8-15-9-13(17)10-16/h11-13,15-17H,4-10H2,1-3H3. The molecule has 1 unspecified atom stereocenters. The molecule has 0 radical (unpaired) electrons. The fourth-order valence-electron chi connectivity index (χ4n) is 2.75. The molecule has 1 fully saturated rings. The van der Waals surface area contributed by atoms with E-state index in [-0.39, 0.29) is 6.61 Å². The van der Waals surface area contributed by atoms with Crippen molar-refractivity contribution < 1.29 is 10.2 Å². The third kappa shape index (κ3) is 5.36. The number of hydrogen-bond acceptors (Lipinski definition) is 3. The van der Waals surface area contributed by atoms with Gasteiger partial charge < -0.3 is 15.5 Å². The second-order valence-corrected chi connectivity index (χ2v) is 6.58. The number of aliphatic hydroxyl groups excluding tert-OH is 2. The van der Waals surface area contributed by atoms with Gasteiger partial charge in [-0.1, -0.05) is 20.8 Å². The van der Waals surface area contributed by atoms with Crippen LogP contribution in [-0.2, 0) is 0 Å². The zero-order chi connectivity index (χ0) is 12.9. The second kappa shape index (κ2) is 6.72. The monoisotopic (exact) mass is 243 g/mol. The van der Waals surface area contributed by atoms with Gasteiger partial charge in [0.2, 0.25) is 0 Å². The van der Waals surface area contributed by atoms with E-state index in [2.05, 4.69) is 26.1 Å². The normalized spacial score (nSPS) is 28.1. The molecule has 17 heavy (non-hydrogen) atoms. The maximum Gasteiger partial charge on any atom is 0.0894 e. The van der Waals surface area contributed by atoms with E-state index in [1.54, 1.807) is 0 Å². The Kier molecular flexibility index (Phi) is 5.90. The molecule has 0 aromatic heterocycles. The van der Waals surface area contributed by atoms with Crippen LogP contribution in [0, 0.1) is 17.3 Å². The van der Waals surface area contributed by atoms with Crippen LogP contribution in [0.4, 0.5) is 0 Å². The molecule has 0 spiro atoms. The molecule has 0 aromatic carbocycles. The van der Waals surface area contributed by atoms with E-state index in [1.165, 1.54) is 25.7 Å². The van der Waals surface area contributed by atoms with Crippen LogP contribution in [-0.4, -0.2) is 36.0 Å². The first-order chi connectivity index (χ1) is 7.93. The van der Waals surface area contributed by atoms with E-state index in [0.717, 1.165) is 18.4 Å². The van der Waals surface area contributed by atoms with E-state index < -0.39 is 6.10 Å². The predicted octanol–water partition coefficient (Wildman–Crippen LogP) is 1.78. The smallest absolute Gasteiger partial charge is 0.0894 e. The molecule has 0 aliphatic heterocycles. The first-order valence-corrected chi connectivity index (χ1v) is 6.93. The Morgan fingerprint density at radius 2 is 1.76 bits per heavy atom. The summed E-state index contributed by atoms with van der Waals surface area (Å²) >= 11 is 0. The van der Waals surface area contributed by atoms with E-state index >= 15 is 0 Å². The molecule has 0 bridgehead atoms. The van der Waals surface area contributed by atoms with Crippen molar-refractivity contribution in [2.45, 2.75) is 52.6 Å². The molecule has 1 rings (SSSR count). The minimum absolute atomic E-state index is 0.149. The van der Waals surface area contributed by atoms with E-state index in [9.17, 15) is 5.11 Å². The van der Waals surface area contributed by atoms with Gasteiger partial charge in [0.05, 0.1) is 12.7 Å². The van der Waals surface area contributed by atoms with Crippen LogP contribution >= 0.6 is 0 Å². The highest BCUT2D eigenvalue weighted by Gasteiger charge is 2.29. The Balaban J connectivity index is 2.15. The van der Waals surface area contributed by atoms with Crippen LogP contribution in [0.2, 0.25) is 0 Å². The van der Waals surface area contributed by atoms with Gasteiger partial charge in [-0.15, -0.1) is 0 Å². The van der Waals surface area contributed by atoms with Crippen LogP contribution in [0.25, 0.3) is 0 Å². The zero-order valence-corrected chi connectivity index (χ0v) is 11.6. The first-order valence-electron chi connectivity index (χ1n) is 6.93. The summed E-state index contributed by atoms with van der Waals surface area (Å²) in [6, 6.07) is 0. The molecule has 3 nitrogen and oxygen atoms in total. The van der Waals surface area contributed by atoms with Gasteiger partial charge in [0.15, 0.2) is 0 Å². The summed E-state index contributed by atoms with van der Waals surface area (Å²) in [5.41, 5.74) is 0.450. The van der Waals surface area contributed by atoms with Crippen molar-refractivity contribution >= 4 is 0 Å². The molecule has 102 valence electrons. The minimum atomic E-state index is -0.610. The number of hydrogen-bond donors (Lipinski definition) is 3. The molecule has 0 heterocycles. The Morgan fingerprint density at radius 3 is 2.24 bits per heavy atom. The summed E-state index contributed by atoms with van der Waals surface area (Å²) < 4.78 is 0. The van der Waals surface area contributed by atoms with Gasteiger partial charge in [0.25, 0.3) is 0 Å². The summed E-state index contributed by atoms with van der Waals surface area (Å²) in [6.45, 7) is 8.36. The zero-order valence-electron chi connectivity index (χ0n) is 11.6. The van der Waals surface area contributed by atoms with Gasteiger partial charge in [-0.2, -0.15) is 0 Å². The molecular formula is C14H29NO2. The molecule has 1 saturated carbocycles. The summed E-state index contributed by atoms with van der Waals surface area (Å²) in [5.74, 6) is 1.61. The average molecular weight is 243 g/mol. The lowest BCUT2D eigenvalue weighted by Crippen LogP contribution is -2.35. The van der Waals surface area contributed by atoms with Gasteiger partial charge in [-0.05, 0) is 49.5 Å². The van der Waals surface area contributed by atoms with E-state index in [1.807, 2.05) is 0 Å². The van der Waals surface area contributed by atoms with Crippen molar-refractivity contribution in [2.24, 2.45) is 17.3 Å². The lowest BCUT2D eigenvalue weighted by molar-refractivity contribution is 0.0913. The fourth-order valence-corrected chi connectivity index (χ4v) is 2.75. The SMILES string of the molecule is CC(C)(C)C1CCC(CNCC(O)CO)CC1. The Labute approximate surface area is 106 Å². The number of nitrogens with one attached hydrogen (secondary N) is 1. The Bertz CT molecular complexity index is 205. The van der Waals surface area contributed by atoms with Crippen LogP contribution in [0.3, 0.4) is 0 Å². The number of rotatable bonds is 5. The molecule has 1 atom stereocenters. The van der Waals surface area contributed by atoms with Crippen molar-refractivity contribution in [1.82, 2.24) is 5.32 Å². The second-order valence-electron chi connectivity index (χ2n) is 6.58. The van der Waals surface area contributed by atoms with Crippen molar-refractivity contribution in [3.63, 3.8) is 0 Å². The molecule has 1 aliphatic rings. The highest BCUT2D eigenvalue weighted by molar-refractivity contribution is 4.81. The summed E-state index contributed by atoms with van der Waals surface area (Å²) in [5, 5.41) is 21.2. The highest BCUT2D eigenvalue weighted by Crippen LogP contribution is 2.39. The highest BCUT2D eigenvalue weighted by atomic mass is 16.3. The molecular weight excluding hydrogens is 214 g/mol. The maximum atomic E-state index is 9.22. The fraction of sp³-hybridized carbons (Fsp3) is 1.00. The topological polar surface area (TPSA) is 52.5 Å². The molecule has 0 aromatic rings. The molecule has 1 aliphatic carbocycles. The quantitative estimate of drug-likeness (QED) is 0.690. The van der Waals surface area contributed by atoms with Crippen molar-refractivity contribution in [3.05, 3.63) is 0 Å². The third-order valence-corrected chi connectivity index (χ3v) is 4.10. The van der Waals surface area contributed by atoms with E-state index in [0.29, 0.717) is 12.0 Å². The lowest BCUT2D eigenvalue weighted by atomic mass is 9.70. The molecule has 0 amide bonds. The summed E-state index contributed by atoms with van der Waals surface area (Å²) in [4.78, 5) is 0. The van der Waals surface area contributed by atoms with Gasteiger partial charge in [-0.3, -0.25) is 0 Å². The summed E-state index contributed by atoms with van der Waals surface area (Å²) in [6.07, 6.45) is 4.64. The largest absolute Gasteiger partial charge is 0.394 e. The third-order valence-electron chi connectivity index (χ3n) is 4.10. The average Bonchev–Trinajstić information content (AvgIpc) is 2.28. The van der Waals surface area contributed by atoms with Crippen LogP contribution in [0.1, 0.15) is 46.5 Å². The van der Waals surface area contributed by atoms with Crippen molar-refractivity contribution in [3.8, 4) is 0 Å². The van der Waals surface area contributed by atoms with Gasteiger partial charge in [-0.25, -0.2) is 0 Å². The van der Waals surface area contributed by atoms with Crippen LogP contribution < -0.4 is 5.32 Å². The molecule has 3 N–H and O–H groups in total. The number of aliphatic hydroxyl groups is 2. The minimum Gasteiger partial charge on any atom is -0.394 e. The van der Waals surface area contributed by atoms with Gasteiger partial charge in [0, 0.05) is 6.54 Å². The Hall–Kier alpha value is -0.120. The lowest BCUT2D eigenvalue weighted by Gasteiger charge is -2.37. The van der Waals surface area contributed by atoms with Crippen LogP contribution in [0.5, 0.6) is 0 Å². The van der Waals surface area contributed by atoms with Crippen molar-refractivity contribution in [1.29, 1.82) is 0 Å². The Morgan fingerprint density at radius 1 is 1.18 bits per heavy atom. The summed E-state index contributed by atoms with van der Waals surface area (Å²) in [7, 11) is 0. The van der Waals surface area contributed by atoms with E-state index in [4.69, 9.17) is 5.11 Å². The predicted molar refractivity (Wildman–Crippen MR) is 70.9 cm³/mol. The first kappa shape index (κ1) is 14.9. The van der Waals surface area contributed by atoms with Crippen molar-refractivity contribution in [2.75, 3.05) is 19.7 Å². The van der Waals surface area contributed by atoms with Gasteiger partial charge in [0.1, 0.15) is 0 Å². The van der Waals surface area contributed by atoms with Gasteiger partial charge >= 0.3 is 0 Å².